The summed E-state index contributed by atoms with van der Waals surface area (Å²) >= 11 is 0. The van der Waals surface area contributed by atoms with Crippen LogP contribution in [0.4, 0.5) is 14.6 Å². The van der Waals surface area contributed by atoms with Gasteiger partial charge in [0.2, 0.25) is 0 Å². The lowest BCUT2D eigenvalue weighted by molar-refractivity contribution is 0.265. The Morgan fingerprint density at radius 2 is 1.97 bits per heavy atom. The molecule has 9 heteroatoms. The Labute approximate surface area is 207 Å². The minimum atomic E-state index is -0.680. The molecule has 2 atom stereocenters. The molecule has 1 aliphatic heterocycles. The standard InChI is InChI=1S/C27H29F2N5O2/c1-4-18-21(28)6-5-14-7-17(36)9-19(22(14)18)24-23(29)25-20(10-31-24)27(33-26(32-25)13(2)3)34-11-15(30)8-16(34)12-35/h5-7,9-10,13,15-16,35-36H,4,8,11-12,30H2,1-3H3/t15-,16-/m0/s1. The van der Waals surface area contributed by atoms with Crippen LogP contribution in [0.2, 0.25) is 0 Å². The Hall–Kier alpha value is -3.43. The highest BCUT2D eigenvalue weighted by Gasteiger charge is 2.33. The normalized spacial score (nSPS) is 18.2. The molecule has 0 aliphatic carbocycles. The quantitative estimate of drug-likeness (QED) is 0.378. The van der Waals surface area contributed by atoms with Crippen LogP contribution in [-0.4, -0.2) is 50.4 Å². The number of aromatic hydroxyl groups is 1. The van der Waals surface area contributed by atoms with Gasteiger partial charge in [0.1, 0.15) is 34.4 Å². The van der Waals surface area contributed by atoms with E-state index >= 15 is 4.39 Å². The van der Waals surface area contributed by atoms with Crippen molar-refractivity contribution in [1.82, 2.24) is 15.0 Å². The Kier molecular flexibility index (Phi) is 6.22. The smallest absolute Gasteiger partial charge is 0.175 e. The van der Waals surface area contributed by atoms with Gasteiger partial charge in [0, 0.05) is 30.3 Å². The number of benzene rings is 2. The van der Waals surface area contributed by atoms with E-state index in [0.717, 1.165) is 0 Å². The lowest BCUT2D eigenvalue weighted by Crippen LogP contribution is -2.34. The molecule has 0 saturated carbocycles. The van der Waals surface area contributed by atoms with Crippen molar-refractivity contribution >= 4 is 27.5 Å². The number of aryl methyl sites for hydroxylation is 1. The highest BCUT2D eigenvalue weighted by molar-refractivity contribution is 6.01. The second-order valence-electron chi connectivity index (χ2n) is 9.70. The van der Waals surface area contributed by atoms with E-state index < -0.39 is 11.6 Å². The van der Waals surface area contributed by atoms with Gasteiger partial charge in [-0.15, -0.1) is 0 Å². The van der Waals surface area contributed by atoms with Gasteiger partial charge in [0.25, 0.3) is 0 Å². The van der Waals surface area contributed by atoms with Crippen LogP contribution in [0.3, 0.4) is 0 Å². The van der Waals surface area contributed by atoms with Crippen molar-refractivity contribution in [3.63, 3.8) is 0 Å². The van der Waals surface area contributed by atoms with Gasteiger partial charge < -0.3 is 20.8 Å². The van der Waals surface area contributed by atoms with Gasteiger partial charge in [-0.05, 0) is 47.4 Å². The molecule has 4 N–H and O–H groups in total. The predicted octanol–water partition coefficient (Wildman–Crippen LogP) is 4.41. The molecule has 0 bridgehead atoms. The third-order valence-corrected chi connectivity index (χ3v) is 6.89. The number of rotatable bonds is 5. The van der Waals surface area contributed by atoms with Crippen LogP contribution in [0.25, 0.3) is 32.9 Å². The van der Waals surface area contributed by atoms with Gasteiger partial charge in [-0.25, -0.2) is 18.7 Å². The summed E-state index contributed by atoms with van der Waals surface area (Å²) in [7, 11) is 0. The van der Waals surface area contributed by atoms with E-state index in [-0.39, 0.29) is 41.6 Å². The number of phenolic OH excluding ortho intramolecular Hbond substituents is 1. The predicted molar refractivity (Wildman–Crippen MR) is 136 cm³/mol. The first-order valence-corrected chi connectivity index (χ1v) is 12.2. The molecule has 188 valence electrons. The third-order valence-electron chi connectivity index (χ3n) is 6.89. The number of hydrogen-bond acceptors (Lipinski definition) is 7. The molecule has 1 fully saturated rings. The number of anilines is 1. The fourth-order valence-corrected chi connectivity index (χ4v) is 5.14. The van der Waals surface area contributed by atoms with Crippen LogP contribution >= 0.6 is 0 Å². The monoisotopic (exact) mass is 493 g/mol. The Morgan fingerprint density at radius 1 is 1.19 bits per heavy atom. The topological polar surface area (TPSA) is 108 Å². The van der Waals surface area contributed by atoms with E-state index in [1.807, 2.05) is 25.7 Å². The number of hydrogen-bond donors (Lipinski definition) is 3. The van der Waals surface area contributed by atoms with Crippen LogP contribution < -0.4 is 10.6 Å². The number of aliphatic hydroxyl groups is 1. The summed E-state index contributed by atoms with van der Waals surface area (Å²) in [5.74, 6) is -0.307. The summed E-state index contributed by atoms with van der Waals surface area (Å²) < 4.78 is 31.0. The summed E-state index contributed by atoms with van der Waals surface area (Å²) in [6.45, 7) is 6.03. The van der Waals surface area contributed by atoms with Gasteiger partial charge in [0.15, 0.2) is 5.82 Å². The van der Waals surface area contributed by atoms with E-state index in [0.29, 0.717) is 58.3 Å². The summed E-state index contributed by atoms with van der Waals surface area (Å²) in [5, 5.41) is 21.8. The van der Waals surface area contributed by atoms with E-state index in [1.165, 1.54) is 24.4 Å². The SMILES string of the molecule is CCc1c(F)ccc2cc(O)cc(-c3ncc4c(N5C[C@@H](N)C[C@H]5CO)nc(C(C)C)nc4c3F)c12. The molecule has 4 aromatic rings. The van der Waals surface area contributed by atoms with Gasteiger partial charge in [-0.1, -0.05) is 26.8 Å². The summed E-state index contributed by atoms with van der Waals surface area (Å²) in [5.41, 5.74) is 6.94. The fourth-order valence-electron chi connectivity index (χ4n) is 5.14. The first-order chi connectivity index (χ1) is 17.2. The molecule has 5 rings (SSSR count). The maximum absolute atomic E-state index is 16.3. The third kappa shape index (κ3) is 3.92. The zero-order chi connectivity index (χ0) is 25.7. The molecule has 1 aliphatic rings. The van der Waals surface area contributed by atoms with E-state index in [1.54, 1.807) is 6.07 Å². The van der Waals surface area contributed by atoms with Crippen molar-refractivity contribution in [3.05, 3.63) is 53.5 Å². The second kappa shape index (κ2) is 9.22. The van der Waals surface area contributed by atoms with Crippen LogP contribution in [0, 0.1) is 11.6 Å². The zero-order valence-electron chi connectivity index (χ0n) is 20.5. The first kappa shape index (κ1) is 24.3. The van der Waals surface area contributed by atoms with Crippen molar-refractivity contribution in [1.29, 1.82) is 0 Å². The highest BCUT2D eigenvalue weighted by Crippen LogP contribution is 2.39. The Balaban J connectivity index is 1.81. The van der Waals surface area contributed by atoms with Crippen molar-refractivity contribution in [3.8, 4) is 17.0 Å². The summed E-state index contributed by atoms with van der Waals surface area (Å²) in [4.78, 5) is 15.6. The molecule has 1 saturated heterocycles. The van der Waals surface area contributed by atoms with E-state index in [2.05, 4.69) is 9.97 Å². The number of aromatic nitrogens is 3. The molecule has 0 spiro atoms. The van der Waals surface area contributed by atoms with Crippen molar-refractivity contribution < 1.29 is 19.0 Å². The molecular weight excluding hydrogens is 464 g/mol. The van der Waals surface area contributed by atoms with Crippen LogP contribution in [0.1, 0.15) is 44.5 Å². The number of halogens is 2. The lowest BCUT2D eigenvalue weighted by Gasteiger charge is -2.26. The van der Waals surface area contributed by atoms with Crippen LogP contribution in [-0.2, 0) is 6.42 Å². The number of nitrogens with zero attached hydrogens (tertiary/aromatic N) is 4. The first-order valence-electron chi connectivity index (χ1n) is 12.2. The highest BCUT2D eigenvalue weighted by atomic mass is 19.1. The number of pyridine rings is 1. The zero-order valence-corrected chi connectivity index (χ0v) is 20.5. The summed E-state index contributed by atoms with van der Waals surface area (Å²) in [6, 6.07) is 5.46. The maximum atomic E-state index is 16.3. The maximum Gasteiger partial charge on any atom is 0.175 e. The number of aliphatic hydroxyl groups excluding tert-OH is 1. The largest absolute Gasteiger partial charge is 0.508 e. The van der Waals surface area contributed by atoms with Crippen molar-refractivity contribution in [2.24, 2.45) is 5.73 Å². The Bertz CT molecular complexity index is 1480. The number of nitrogens with two attached hydrogens (primary N) is 1. The van der Waals surface area contributed by atoms with E-state index in [4.69, 9.17) is 10.7 Å². The molecule has 7 nitrogen and oxygen atoms in total. The average Bonchev–Trinajstić information content (AvgIpc) is 3.24. The summed E-state index contributed by atoms with van der Waals surface area (Å²) in [6.07, 6.45) is 2.48. The molecule has 3 heterocycles. The number of phenols is 1. The van der Waals surface area contributed by atoms with Crippen LogP contribution in [0.15, 0.2) is 30.5 Å². The molecule has 2 aromatic carbocycles. The van der Waals surface area contributed by atoms with Crippen molar-refractivity contribution in [2.45, 2.75) is 51.6 Å². The molecule has 36 heavy (non-hydrogen) atoms. The van der Waals surface area contributed by atoms with Gasteiger partial charge >= 0.3 is 0 Å². The lowest BCUT2D eigenvalue weighted by atomic mass is 9.94. The van der Waals surface area contributed by atoms with Gasteiger partial charge in [-0.2, -0.15) is 0 Å². The minimum absolute atomic E-state index is 0.0279. The Morgan fingerprint density at radius 3 is 2.67 bits per heavy atom. The number of fused-ring (bicyclic) bond motifs is 2. The molecule has 0 amide bonds. The molecular formula is C27H29F2N5O2. The fraction of sp³-hybridized carbons (Fsp3) is 0.370. The van der Waals surface area contributed by atoms with Crippen molar-refractivity contribution in [2.75, 3.05) is 18.1 Å². The molecule has 0 unspecified atom stereocenters. The van der Waals surface area contributed by atoms with Crippen LogP contribution in [0.5, 0.6) is 5.75 Å². The average molecular weight is 494 g/mol. The second-order valence-corrected chi connectivity index (χ2v) is 9.70. The van der Waals surface area contributed by atoms with E-state index in [9.17, 15) is 14.6 Å². The molecule has 2 aromatic heterocycles. The minimum Gasteiger partial charge on any atom is -0.508 e. The van der Waals surface area contributed by atoms with Gasteiger partial charge in [-0.3, -0.25) is 4.98 Å². The molecule has 0 radical (unpaired) electrons. The van der Waals surface area contributed by atoms with Gasteiger partial charge in [0.05, 0.1) is 18.0 Å².